The lowest BCUT2D eigenvalue weighted by Crippen LogP contribution is -2.20. The number of hydrogen-bond acceptors (Lipinski definition) is 3. The van der Waals surface area contributed by atoms with E-state index in [0.29, 0.717) is 12.2 Å². The van der Waals surface area contributed by atoms with Gasteiger partial charge >= 0.3 is 0 Å². The van der Waals surface area contributed by atoms with E-state index in [4.69, 9.17) is 10.5 Å². The molecule has 0 aliphatic carbocycles. The maximum atomic E-state index is 13.5. The van der Waals surface area contributed by atoms with Gasteiger partial charge in [0.25, 0.3) is 5.91 Å². The van der Waals surface area contributed by atoms with Crippen LogP contribution >= 0.6 is 0 Å². The van der Waals surface area contributed by atoms with Gasteiger partial charge in [-0.25, -0.2) is 4.39 Å². The van der Waals surface area contributed by atoms with E-state index in [0.717, 1.165) is 11.1 Å². The molecule has 2 aromatic carbocycles. The standard InChI is InChI=1S/C16H17FN2O2/c1-11-2-7-14(17)15(8-11)21-10-16(20)19-13-5-3-12(9-18)4-6-13/h2-8H,9-10,18H2,1H3,(H,19,20). The van der Waals surface area contributed by atoms with Crippen molar-refractivity contribution < 1.29 is 13.9 Å². The number of carbonyl (C=O) groups excluding carboxylic acids is 1. The van der Waals surface area contributed by atoms with Gasteiger partial charge in [0.15, 0.2) is 18.2 Å². The SMILES string of the molecule is Cc1ccc(F)c(OCC(=O)Nc2ccc(CN)cc2)c1. The second-order valence-electron chi connectivity index (χ2n) is 4.67. The Balaban J connectivity index is 1.91. The molecule has 0 saturated heterocycles. The van der Waals surface area contributed by atoms with Crippen molar-refractivity contribution in [3.05, 3.63) is 59.4 Å². The Morgan fingerprint density at radius 2 is 1.95 bits per heavy atom. The van der Waals surface area contributed by atoms with Crippen molar-refractivity contribution in [2.75, 3.05) is 11.9 Å². The van der Waals surface area contributed by atoms with Crippen molar-refractivity contribution in [3.8, 4) is 5.75 Å². The van der Waals surface area contributed by atoms with Gasteiger partial charge in [-0.05, 0) is 42.3 Å². The fourth-order valence-corrected chi connectivity index (χ4v) is 1.79. The number of rotatable bonds is 5. The zero-order valence-corrected chi connectivity index (χ0v) is 11.7. The van der Waals surface area contributed by atoms with Crippen LogP contribution in [-0.2, 0) is 11.3 Å². The summed E-state index contributed by atoms with van der Waals surface area (Å²) in [4.78, 5) is 11.8. The Labute approximate surface area is 122 Å². The molecule has 0 spiro atoms. The molecule has 0 fully saturated rings. The molecule has 0 bridgehead atoms. The second kappa shape index (κ2) is 6.85. The Hall–Kier alpha value is -2.40. The van der Waals surface area contributed by atoms with Crippen molar-refractivity contribution in [1.82, 2.24) is 0 Å². The third-order valence-corrected chi connectivity index (χ3v) is 2.92. The molecule has 3 N–H and O–H groups in total. The molecule has 110 valence electrons. The highest BCUT2D eigenvalue weighted by Crippen LogP contribution is 2.18. The minimum absolute atomic E-state index is 0.0728. The summed E-state index contributed by atoms with van der Waals surface area (Å²) in [5.74, 6) is -0.763. The van der Waals surface area contributed by atoms with E-state index < -0.39 is 5.82 Å². The lowest BCUT2D eigenvalue weighted by molar-refractivity contribution is -0.118. The highest BCUT2D eigenvalue weighted by molar-refractivity contribution is 5.91. The zero-order chi connectivity index (χ0) is 15.2. The summed E-state index contributed by atoms with van der Waals surface area (Å²) >= 11 is 0. The minimum Gasteiger partial charge on any atom is -0.481 e. The number of nitrogens with two attached hydrogens (primary N) is 1. The molecular weight excluding hydrogens is 271 g/mol. The zero-order valence-electron chi connectivity index (χ0n) is 11.7. The van der Waals surface area contributed by atoms with Crippen LogP contribution in [0, 0.1) is 12.7 Å². The summed E-state index contributed by atoms with van der Waals surface area (Å²) in [7, 11) is 0. The average molecular weight is 288 g/mol. The molecule has 0 aromatic heterocycles. The van der Waals surface area contributed by atoms with E-state index in [-0.39, 0.29) is 18.3 Å². The molecule has 0 saturated carbocycles. The third kappa shape index (κ3) is 4.29. The van der Waals surface area contributed by atoms with Gasteiger partial charge < -0.3 is 15.8 Å². The monoisotopic (exact) mass is 288 g/mol. The van der Waals surface area contributed by atoms with Gasteiger partial charge in [0.2, 0.25) is 0 Å². The number of nitrogens with one attached hydrogen (secondary N) is 1. The topological polar surface area (TPSA) is 64.3 Å². The molecule has 0 aliphatic rings. The molecule has 1 amide bonds. The minimum atomic E-state index is -0.485. The molecular formula is C16H17FN2O2. The maximum Gasteiger partial charge on any atom is 0.262 e. The van der Waals surface area contributed by atoms with Crippen LogP contribution in [0.15, 0.2) is 42.5 Å². The molecule has 0 aliphatic heterocycles. The number of ether oxygens (including phenoxy) is 1. The van der Waals surface area contributed by atoms with Gasteiger partial charge in [0.1, 0.15) is 0 Å². The van der Waals surface area contributed by atoms with Crippen LogP contribution in [0.1, 0.15) is 11.1 Å². The van der Waals surface area contributed by atoms with Crippen molar-refractivity contribution in [2.45, 2.75) is 13.5 Å². The van der Waals surface area contributed by atoms with Crippen molar-refractivity contribution in [2.24, 2.45) is 5.73 Å². The Morgan fingerprint density at radius 3 is 2.62 bits per heavy atom. The molecule has 0 atom stereocenters. The van der Waals surface area contributed by atoms with Gasteiger partial charge in [0.05, 0.1) is 0 Å². The van der Waals surface area contributed by atoms with Gasteiger partial charge in [-0.1, -0.05) is 18.2 Å². The summed E-state index contributed by atoms with van der Waals surface area (Å²) < 4.78 is 18.7. The highest BCUT2D eigenvalue weighted by atomic mass is 19.1. The quantitative estimate of drug-likeness (QED) is 0.889. The van der Waals surface area contributed by atoms with Crippen molar-refractivity contribution >= 4 is 11.6 Å². The summed E-state index contributed by atoms with van der Waals surface area (Å²) in [5, 5.41) is 2.67. The Morgan fingerprint density at radius 1 is 1.24 bits per heavy atom. The predicted molar refractivity (Wildman–Crippen MR) is 79.6 cm³/mol. The number of aryl methyl sites for hydroxylation is 1. The fourth-order valence-electron chi connectivity index (χ4n) is 1.79. The smallest absolute Gasteiger partial charge is 0.262 e. The van der Waals surface area contributed by atoms with E-state index in [9.17, 15) is 9.18 Å². The Kier molecular flexibility index (Phi) is 4.90. The largest absolute Gasteiger partial charge is 0.481 e. The first-order valence-electron chi connectivity index (χ1n) is 6.56. The first-order valence-corrected chi connectivity index (χ1v) is 6.56. The number of benzene rings is 2. The number of halogens is 1. The van der Waals surface area contributed by atoms with Gasteiger partial charge in [-0.3, -0.25) is 4.79 Å². The molecule has 21 heavy (non-hydrogen) atoms. The van der Waals surface area contributed by atoms with E-state index >= 15 is 0 Å². The molecule has 0 radical (unpaired) electrons. The van der Waals surface area contributed by atoms with Crippen molar-refractivity contribution in [1.29, 1.82) is 0 Å². The molecule has 4 nitrogen and oxygen atoms in total. The Bertz CT molecular complexity index is 627. The van der Waals surface area contributed by atoms with Crippen LogP contribution in [-0.4, -0.2) is 12.5 Å². The lowest BCUT2D eigenvalue weighted by atomic mass is 10.2. The van der Waals surface area contributed by atoms with Crippen LogP contribution in [0.2, 0.25) is 0 Å². The summed E-state index contributed by atoms with van der Waals surface area (Å²) in [6.07, 6.45) is 0. The highest BCUT2D eigenvalue weighted by Gasteiger charge is 2.07. The number of anilines is 1. The summed E-state index contributed by atoms with van der Waals surface area (Å²) in [6, 6.07) is 11.7. The van der Waals surface area contributed by atoms with Gasteiger partial charge in [-0.2, -0.15) is 0 Å². The maximum absolute atomic E-state index is 13.5. The van der Waals surface area contributed by atoms with Crippen LogP contribution in [0.5, 0.6) is 5.75 Å². The molecule has 5 heteroatoms. The van der Waals surface area contributed by atoms with E-state index in [1.807, 2.05) is 19.1 Å². The average Bonchev–Trinajstić information content (AvgIpc) is 2.49. The van der Waals surface area contributed by atoms with Gasteiger partial charge in [-0.15, -0.1) is 0 Å². The normalized spacial score (nSPS) is 10.2. The predicted octanol–water partition coefficient (Wildman–Crippen LogP) is 2.61. The van der Waals surface area contributed by atoms with Crippen LogP contribution < -0.4 is 15.8 Å². The fraction of sp³-hybridized carbons (Fsp3) is 0.188. The van der Waals surface area contributed by atoms with Gasteiger partial charge in [0, 0.05) is 12.2 Å². The third-order valence-electron chi connectivity index (χ3n) is 2.92. The molecule has 0 heterocycles. The summed E-state index contributed by atoms with van der Waals surface area (Å²) in [6.45, 7) is 2.02. The lowest BCUT2D eigenvalue weighted by Gasteiger charge is -2.09. The van der Waals surface area contributed by atoms with Crippen LogP contribution in [0.25, 0.3) is 0 Å². The number of amides is 1. The van der Waals surface area contributed by atoms with E-state index in [1.165, 1.54) is 6.07 Å². The van der Waals surface area contributed by atoms with Crippen LogP contribution in [0.3, 0.4) is 0 Å². The summed E-state index contributed by atoms with van der Waals surface area (Å²) in [5.41, 5.74) is 7.98. The molecule has 2 aromatic rings. The number of carbonyl (C=O) groups is 1. The first kappa shape index (κ1) is 15.0. The van der Waals surface area contributed by atoms with Crippen molar-refractivity contribution in [3.63, 3.8) is 0 Å². The first-order chi connectivity index (χ1) is 10.1. The van der Waals surface area contributed by atoms with Crippen LogP contribution in [0.4, 0.5) is 10.1 Å². The number of hydrogen-bond donors (Lipinski definition) is 2. The molecule has 2 rings (SSSR count). The van der Waals surface area contributed by atoms with E-state index in [2.05, 4.69) is 5.32 Å². The molecule has 0 unspecified atom stereocenters. The van der Waals surface area contributed by atoms with E-state index in [1.54, 1.807) is 24.3 Å². The second-order valence-corrected chi connectivity index (χ2v) is 4.67.